The summed E-state index contributed by atoms with van der Waals surface area (Å²) in [6.45, 7) is 14.4. The van der Waals surface area contributed by atoms with Crippen molar-refractivity contribution in [2.45, 2.75) is 58.2 Å². The third-order valence-electron chi connectivity index (χ3n) is 4.87. The fourth-order valence-corrected chi connectivity index (χ4v) is 11.4. The van der Waals surface area contributed by atoms with Gasteiger partial charge in [0.05, 0.1) is 4.53 Å². The van der Waals surface area contributed by atoms with Crippen LogP contribution in [0.2, 0.25) is 16.6 Å². The first kappa shape index (κ1) is 19.1. The van der Waals surface area contributed by atoms with Crippen molar-refractivity contribution in [3.8, 4) is 0 Å². The van der Waals surface area contributed by atoms with Crippen LogP contribution in [0.3, 0.4) is 0 Å². The van der Waals surface area contributed by atoms with E-state index in [9.17, 15) is 13.0 Å². The van der Waals surface area contributed by atoms with E-state index in [2.05, 4.69) is 48.1 Å². The van der Waals surface area contributed by atoms with E-state index in [0.29, 0.717) is 0 Å². The van der Waals surface area contributed by atoms with Gasteiger partial charge in [-0.3, -0.25) is 4.55 Å². The van der Waals surface area contributed by atoms with Crippen LogP contribution in [-0.2, 0) is 10.1 Å². The first-order valence-corrected chi connectivity index (χ1v) is 11.4. The molecule has 0 amide bonds. The minimum Gasteiger partial charge on any atom is -0.282 e. The van der Waals surface area contributed by atoms with Crippen molar-refractivity contribution in [2.24, 2.45) is 0 Å². The van der Waals surface area contributed by atoms with Gasteiger partial charge in [0.25, 0.3) is 10.1 Å². The van der Waals surface area contributed by atoms with Crippen LogP contribution in [0.4, 0.5) is 0 Å². The Balaban J connectivity index is 3.75. The number of hydrogen-bond donors (Lipinski definition) is 1. The topological polar surface area (TPSA) is 54.4 Å². The maximum atomic E-state index is 12.2. The van der Waals surface area contributed by atoms with Crippen LogP contribution in [0.15, 0.2) is 34.9 Å². The van der Waals surface area contributed by atoms with Gasteiger partial charge in [-0.15, -0.1) is 0 Å². The Hall–Kier alpha value is -0.913. The molecule has 0 unspecified atom stereocenters. The van der Waals surface area contributed by atoms with E-state index in [1.165, 1.54) is 0 Å². The van der Waals surface area contributed by atoms with Gasteiger partial charge in [0.2, 0.25) is 0 Å². The van der Waals surface area contributed by atoms with Gasteiger partial charge in [-0.25, -0.2) is 0 Å². The molecule has 0 heterocycles. The minimum absolute atomic E-state index is 0.200. The smallest absolute Gasteiger partial charge is 0.282 e. The molecule has 1 rings (SSSR count). The Morgan fingerprint density at radius 2 is 1.41 bits per heavy atom. The van der Waals surface area contributed by atoms with Gasteiger partial charge in [0.1, 0.15) is 8.07 Å². The third kappa shape index (κ3) is 3.70. The van der Waals surface area contributed by atoms with Crippen LogP contribution in [-0.4, -0.2) is 21.0 Å². The van der Waals surface area contributed by atoms with Crippen molar-refractivity contribution in [1.29, 1.82) is 0 Å². The molecule has 0 fully saturated rings. The lowest BCUT2D eigenvalue weighted by Crippen LogP contribution is -2.52. The van der Waals surface area contributed by atoms with Crippen molar-refractivity contribution in [2.75, 3.05) is 0 Å². The van der Waals surface area contributed by atoms with Crippen LogP contribution in [0.25, 0.3) is 6.08 Å². The van der Waals surface area contributed by atoms with Gasteiger partial charge in [-0.2, -0.15) is 8.42 Å². The Bertz CT molecular complexity index is 633. The van der Waals surface area contributed by atoms with Crippen molar-refractivity contribution >= 4 is 24.3 Å². The second kappa shape index (κ2) is 5.94. The van der Waals surface area contributed by atoms with Crippen molar-refractivity contribution in [3.05, 3.63) is 40.4 Å². The number of hydrogen-bond acceptors (Lipinski definition) is 2. The molecule has 0 aromatic heterocycles. The zero-order valence-corrected chi connectivity index (χ0v) is 16.5. The highest BCUT2D eigenvalue weighted by molar-refractivity contribution is 7.92. The van der Waals surface area contributed by atoms with Gasteiger partial charge in [-0.05, 0) is 21.7 Å². The third-order valence-corrected chi connectivity index (χ3v) is 14.7. The predicted molar refractivity (Wildman–Crippen MR) is 97.0 cm³/mol. The monoisotopic (exact) mass is 340 g/mol. The van der Waals surface area contributed by atoms with Gasteiger partial charge < -0.3 is 0 Å². The summed E-state index contributed by atoms with van der Waals surface area (Å²) in [5.74, 6) is 0. The van der Waals surface area contributed by atoms with Crippen LogP contribution in [0.5, 0.6) is 0 Å². The van der Waals surface area contributed by atoms with E-state index in [1.54, 1.807) is 6.08 Å². The highest BCUT2D eigenvalue weighted by Gasteiger charge is 2.55. The second-order valence-corrected chi connectivity index (χ2v) is 15.6. The molecule has 0 bridgehead atoms. The van der Waals surface area contributed by atoms with E-state index >= 15 is 0 Å². The lowest BCUT2D eigenvalue weighted by Gasteiger charge is -2.49. The van der Waals surface area contributed by atoms with Crippen LogP contribution in [0.1, 0.15) is 47.1 Å². The minimum atomic E-state index is -4.26. The van der Waals surface area contributed by atoms with E-state index in [-0.39, 0.29) is 14.6 Å². The Morgan fingerprint density at radius 1 is 1.00 bits per heavy atom. The lowest BCUT2D eigenvalue weighted by molar-refractivity contribution is 0.491. The predicted octanol–water partition coefficient (Wildman–Crippen LogP) is 5.13. The van der Waals surface area contributed by atoms with Gasteiger partial charge in [0, 0.05) is 0 Å². The zero-order valence-electron chi connectivity index (χ0n) is 14.6. The summed E-state index contributed by atoms with van der Waals surface area (Å²) >= 11 is 0. The fraction of sp³-hybridized carbons (Fsp3) is 0.529. The molecule has 1 aromatic rings. The van der Waals surface area contributed by atoms with Crippen molar-refractivity contribution in [1.82, 2.24) is 0 Å². The highest BCUT2D eigenvalue weighted by atomic mass is 32.2. The molecule has 0 aliphatic rings. The maximum Gasteiger partial charge on any atom is 0.286 e. The molecule has 0 atom stereocenters. The van der Waals surface area contributed by atoms with Crippen LogP contribution in [0, 0.1) is 0 Å². The molecule has 0 aliphatic heterocycles. The van der Waals surface area contributed by atoms with E-state index in [4.69, 9.17) is 0 Å². The summed E-state index contributed by atoms with van der Waals surface area (Å²) in [5.41, 5.74) is 0.794. The zero-order chi connectivity index (χ0) is 17.4. The molecule has 0 aliphatic carbocycles. The van der Waals surface area contributed by atoms with Gasteiger partial charge in [0.15, 0.2) is 0 Å². The Labute approximate surface area is 136 Å². The van der Waals surface area contributed by atoms with E-state index in [1.807, 2.05) is 30.3 Å². The standard InChI is InChI=1S/C17H28O3SSi/c1-16(2,3)22(7,17(4,5)6)15(21(18,19)20)13-14-11-9-8-10-12-14/h8-13H,1-7H3,(H,18,19,20). The molecule has 1 N–H and O–H groups in total. The molecular weight excluding hydrogens is 312 g/mol. The quantitative estimate of drug-likeness (QED) is 0.613. The lowest BCUT2D eigenvalue weighted by atomic mass is 10.2. The van der Waals surface area contributed by atoms with Crippen LogP contribution >= 0.6 is 0 Å². The molecule has 0 radical (unpaired) electrons. The second-order valence-electron chi connectivity index (χ2n) is 8.02. The average molecular weight is 341 g/mol. The Kier molecular flexibility index (Phi) is 5.17. The molecule has 1 aromatic carbocycles. The molecule has 0 saturated heterocycles. The molecule has 0 spiro atoms. The number of rotatable bonds is 3. The normalized spacial score (nSPS) is 15.0. The summed E-state index contributed by atoms with van der Waals surface area (Å²) < 4.78 is 34.5. The molecule has 0 saturated carbocycles. The first-order valence-electron chi connectivity index (χ1n) is 7.46. The first-order chi connectivity index (χ1) is 9.71. The van der Waals surface area contributed by atoms with Gasteiger partial charge >= 0.3 is 0 Å². The summed E-state index contributed by atoms with van der Waals surface area (Å²) in [7, 11) is -6.84. The molecule has 124 valence electrons. The maximum absolute atomic E-state index is 12.2. The molecule has 3 nitrogen and oxygen atoms in total. The summed E-state index contributed by atoms with van der Waals surface area (Å²) in [4.78, 5) is 0. The molecule has 22 heavy (non-hydrogen) atoms. The van der Waals surface area contributed by atoms with Crippen LogP contribution < -0.4 is 0 Å². The largest absolute Gasteiger partial charge is 0.286 e. The summed E-state index contributed by atoms with van der Waals surface area (Å²) in [5, 5.41) is -0.441. The molecule has 5 heteroatoms. The SMILES string of the molecule is CC(C)(C)[Si](C)(C(=Cc1ccccc1)S(=O)(=O)O)C(C)(C)C. The Morgan fingerprint density at radius 3 is 1.73 bits per heavy atom. The van der Waals surface area contributed by atoms with E-state index < -0.39 is 18.2 Å². The fourth-order valence-electron chi connectivity index (χ4n) is 3.04. The highest BCUT2D eigenvalue weighted by Crippen LogP contribution is 2.55. The summed E-state index contributed by atoms with van der Waals surface area (Å²) in [6.07, 6.45) is 1.65. The average Bonchev–Trinajstić information content (AvgIpc) is 2.32. The van der Waals surface area contributed by atoms with E-state index in [0.717, 1.165) is 5.56 Å². The molecular formula is C17H28O3SSi. The van der Waals surface area contributed by atoms with Crippen molar-refractivity contribution in [3.63, 3.8) is 0 Å². The van der Waals surface area contributed by atoms with Crippen molar-refractivity contribution < 1.29 is 13.0 Å². The summed E-state index contributed by atoms with van der Waals surface area (Å²) in [6, 6.07) is 9.31. The van der Waals surface area contributed by atoms with Gasteiger partial charge in [-0.1, -0.05) is 78.4 Å². The number of benzene rings is 1.